The normalized spacial score (nSPS) is 47.5. The molecular weight excluding hydrogens is 352 g/mol. The molecule has 0 aliphatic heterocycles. The predicted octanol–water partition coefficient (Wildman–Crippen LogP) is 7.55. The van der Waals surface area contributed by atoms with Gasteiger partial charge in [0.2, 0.25) is 0 Å². The van der Waals surface area contributed by atoms with Crippen molar-refractivity contribution < 1.29 is 5.11 Å². The molecule has 0 radical (unpaired) electrons. The van der Waals surface area contributed by atoms with Crippen molar-refractivity contribution in [1.29, 1.82) is 0 Å². The van der Waals surface area contributed by atoms with Gasteiger partial charge in [-0.25, -0.2) is 0 Å². The van der Waals surface area contributed by atoms with Crippen molar-refractivity contribution in [3.63, 3.8) is 0 Å². The molecular formula is C28H46O. The number of hydrogen-bond acceptors (Lipinski definition) is 1. The van der Waals surface area contributed by atoms with Crippen molar-refractivity contribution in [2.75, 3.05) is 0 Å². The Balaban J connectivity index is 1.55. The van der Waals surface area contributed by atoms with Gasteiger partial charge in [0.25, 0.3) is 0 Å². The molecule has 0 heterocycles. The Bertz CT molecular complexity index is 670. The zero-order valence-corrected chi connectivity index (χ0v) is 20.0. The average molecular weight is 399 g/mol. The summed E-state index contributed by atoms with van der Waals surface area (Å²) in [6, 6.07) is 0. The molecule has 0 amide bonds. The van der Waals surface area contributed by atoms with E-state index in [9.17, 15) is 5.11 Å². The molecule has 0 saturated heterocycles. The van der Waals surface area contributed by atoms with Crippen LogP contribution in [0.2, 0.25) is 0 Å². The first-order valence-corrected chi connectivity index (χ1v) is 12.7. The molecule has 1 heteroatoms. The SMILES string of the molecule is CC(C)=CCCC(C)C1CCC2C3CCC4C(C)C(O)CCC4(C)C3=CCC12C. The lowest BCUT2D eigenvalue weighted by molar-refractivity contribution is -0.0539. The summed E-state index contributed by atoms with van der Waals surface area (Å²) in [5.41, 5.74) is 4.17. The number of rotatable bonds is 4. The minimum atomic E-state index is -0.0726. The Labute approximate surface area is 180 Å². The molecule has 4 rings (SSSR count). The van der Waals surface area contributed by atoms with Gasteiger partial charge < -0.3 is 5.11 Å². The fourth-order valence-electron chi connectivity index (χ4n) is 8.78. The third-order valence-corrected chi connectivity index (χ3v) is 10.5. The fourth-order valence-corrected chi connectivity index (χ4v) is 8.78. The lowest BCUT2D eigenvalue weighted by atomic mass is 9.47. The standard InChI is InChI=1S/C28H46O/c1-18(2)8-7-9-19(3)22-12-13-24-21-10-11-23-20(4)26(29)15-17-28(23,6)25(21)14-16-27(22,24)5/h8,14,19-24,26,29H,7,9-13,15-17H2,1-6H3. The quantitative estimate of drug-likeness (QED) is 0.484. The molecule has 1 N–H and O–H groups in total. The Hall–Kier alpha value is -0.560. The van der Waals surface area contributed by atoms with Crippen molar-refractivity contribution in [2.45, 2.75) is 105 Å². The molecule has 164 valence electrons. The first-order valence-electron chi connectivity index (χ1n) is 12.7. The molecule has 0 aromatic rings. The maximum atomic E-state index is 10.5. The van der Waals surface area contributed by atoms with Gasteiger partial charge in [-0.05, 0) is 118 Å². The molecule has 3 fully saturated rings. The number of aliphatic hydroxyl groups is 1. The topological polar surface area (TPSA) is 20.2 Å². The van der Waals surface area contributed by atoms with Gasteiger partial charge >= 0.3 is 0 Å². The molecule has 3 saturated carbocycles. The summed E-state index contributed by atoms with van der Waals surface area (Å²) in [7, 11) is 0. The smallest absolute Gasteiger partial charge is 0.0569 e. The van der Waals surface area contributed by atoms with Crippen LogP contribution in [0.4, 0.5) is 0 Å². The summed E-state index contributed by atoms with van der Waals surface area (Å²) < 4.78 is 0. The van der Waals surface area contributed by atoms with Crippen molar-refractivity contribution in [1.82, 2.24) is 0 Å². The molecule has 1 nitrogen and oxygen atoms in total. The van der Waals surface area contributed by atoms with E-state index in [1.165, 1.54) is 56.9 Å². The summed E-state index contributed by atoms with van der Waals surface area (Å²) in [5, 5.41) is 10.5. The van der Waals surface area contributed by atoms with E-state index in [-0.39, 0.29) is 6.10 Å². The highest BCUT2D eigenvalue weighted by Crippen LogP contribution is 2.67. The van der Waals surface area contributed by atoms with Gasteiger partial charge in [-0.2, -0.15) is 0 Å². The van der Waals surface area contributed by atoms with Crippen molar-refractivity contribution in [3.8, 4) is 0 Å². The summed E-state index contributed by atoms with van der Waals surface area (Å²) in [6.07, 6.45) is 16.8. The summed E-state index contributed by atoms with van der Waals surface area (Å²) >= 11 is 0. The van der Waals surface area contributed by atoms with Crippen LogP contribution in [0.15, 0.2) is 23.3 Å². The monoisotopic (exact) mass is 398 g/mol. The van der Waals surface area contributed by atoms with Crippen LogP contribution in [-0.2, 0) is 0 Å². The second-order valence-electron chi connectivity index (χ2n) is 12.2. The Morgan fingerprint density at radius 3 is 2.59 bits per heavy atom. The molecule has 29 heavy (non-hydrogen) atoms. The van der Waals surface area contributed by atoms with E-state index in [4.69, 9.17) is 0 Å². The third-order valence-electron chi connectivity index (χ3n) is 10.5. The van der Waals surface area contributed by atoms with E-state index in [2.05, 4.69) is 53.7 Å². The Morgan fingerprint density at radius 1 is 1.14 bits per heavy atom. The van der Waals surface area contributed by atoms with E-state index < -0.39 is 0 Å². The fraction of sp³-hybridized carbons (Fsp3) is 0.857. The van der Waals surface area contributed by atoms with E-state index >= 15 is 0 Å². The summed E-state index contributed by atoms with van der Waals surface area (Å²) in [4.78, 5) is 0. The zero-order chi connectivity index (χ0) is 21.0. The molecule has 4 aliphatic carbocycles. The molecule has 9 unspecified atom stereocenters. The predicted molar refractivity (Wildman–Crippen MR) is 124 cm³/mol. The summed E-state index contributed by atoms with van der Waals surface area (Å²) in [6.45, 7) is 14.5. The largest absolute Gasteiger partial charge is 0.393 e. The van der Waals surface area contributed by atoms with Crippen LogP contribution in [0.25, 0.3) is 0 Å². The van der Waals surface area contributed by atoms with E-state index in [1.54, 1.807) is 0 Å². The first kappa shape index (κ1) is 21.7. The van der Waals surface area contributed by atoms with Crippen molar-refractivity contribution in [2.24, 2.45) is 46.3 Å². The molecule has 9 atom stereocenters. The van der Waals surface area contributed by atoms with Gasteiger partial charge in [-0.3, -0.25) is 0 Å². The van der Waals surface area contributed by atoms with Crippen LogP contribution in [-0.4, -0.2) is 11.2 Å². The highest BCUT2D eigenvalue weighted by molar-refractivity contribution is 5.29. The number of fused-ring (bicyclic) bond motifs is 5. The maximum Gasteiger partial charge on any atom is 0.0569 e. The number of allylic oxidation sites excluding steroid dienone is 4. The highest BCUT2D eigenvalue weighted by Gasteiger charge is 2.58. The van der Waals surface area contributed by atoms with Crippen LogP contribution in [0.3, 0.4) is 0 Å². The average Bonchev–Trinajstić information content (AvgIpc) is 3.02. The van der Waals surface area contributed by atoms with Gasteiger partial charge in [-0.15, -0.1) is 0 Å². The number of hydrogen-bond donors (Lipinski definition) is 1. The van der Waals surface area contributed by atoms with Gasteiger partial charge in [0.05, 0.1) is 6.10 Å². The number of aliphatic hydroxyl groups excluding tert-OH is 1. The molecule has 4 aliphatic rings. The highest BCUT2D eigenvalue weighted by atomic mass is 16.3. The van der Waals surface area contributed by atoms with E-state index in [0.29, 0.717) is 22.7 Å². The first-order chi connectivity index (χ1) is 13.7. The van der Waals surface area contributed by atoms with Crippen LogP contribution in [0, 0.1) is 46.3 Å². The van der Waals surface area contributed by atoms with Crippen LogP contribution >= 0.6 is 0 Å². The van der Waals surface area contributed by atoms with Gasteiger partial charge in [0, 0.05) is 0 Å². The second kappa shape index (κ2) is 7.85. The summed E-state index contributed by atoms with van der Waals surface area (Å²) in [5.74, 6) is 4.63. The second-order valence-corrected chi connectivity index (χ2v) is 12.2. The lowest BCUT2D eigenvalue weighted by Crippen LogP contribution is -2.51. The molecule has 0 spiro atoms. The minimum absolute atomic E-state index is 0.0726. The molecule has 0 aromatic carbocycles. The van der Waals surface area contributed by atoms with Crippen LogP contribution in [0.1, 0.15) is 99.3 Å². The van der Waals surface area contributed by atoms with Crippen LogP contribution in [0.5, 0.6) is 0 Å². The van der Waals surface area contributed by atoms with E-state index in [1.807, 2.05) is 5.57 Å². The lowest BCUT2D eigenvalue weighted by Gasteiger charge is -2.58. The Kier molecular flexibility index (Phi) is 5.86. The molecule has 0 aromatic heterocycles. The van der Waals surface area contributed by atoms with Crippen molar-refractivity contribution >= 4 is 0 Å². The minimum Gasteiger partial charge on any atom is -0.393 e. The van der Waals surface area contributed by atoms with Gasteiger partial charge in [-0.1, -0.05) is 51.0 Å². The Morgan fingerprint density at radius 2 is 1.86 bits per heavy atom. The third kappa shape index (κ3) is 3.48. The van der Waals surface area contributed by atoms with E-state index in [0.717, 1.165) is 30.1 Å². The van der Waals surface area contributed by atoms with Gasteiger partial charge in [0.1, 0.15) is 0 Å². The zero-order valence-electron chi connectivity index (χ0n) is 20.0. The van der Waals surface area contributed by atoms with Crippen molar-refractivity contribution in [3.05, 3.63) is 23.3 Å². The molecule has 0 bridgehead atoms. The van der Waals surface area contributed by atoms with Gasteiger partial charge in [0.15, 0.2) is 0 Å². The maximum absolute atomic E-state index is 10.5. The van der Waals surface area contributed by atoms with Crippen LogP contribution < -0.4 is 0 Å².